The van der Waals surface area contributed by atoms with Crippen molar-refractivity contribution < 1.29 is 4.74 Å². The fraction of sp³-hybridized carbons (Fsp3) is 0.625. The molecule has 0 spiro atoms. The van der Waals surface area contributed by atoms with Gasteiger partial charge in [0.05, 0.1) is 6.61 Å². The molecule has 0 aromatic heterocycles. The van der Waals surface area contributed by atoms with Gasteiger partial charge in [-0.2, -0.15) is 0 Å². The highest BCUT2D eigenvalue weighted by atomic mass is 16.5. The van der Waals surface area contributed by atoms with E-state index in [-0.39, 0.29) is 0 Å². The SMILES string of the molecule is CCNC1CCCOc2cc3c(cc21)CCCC3. The van der Waals surface area contributed by atoms with Crippen molar-refractivity contribution in [2.75, 3.05) is 13.2 Å². The zero-order valence-corrected chi connectivity index (χ0v) is 11.3. The highest BCUT2D eigenvalue weighted by Crippen LogP contribution is 2.36. The predicted molar refractivity (Wildman–Crippen MR) is 74.2 cm³/mol. The summed E-state index contributed by atoms with van der Waals surface area (Å²) in [5.74, 6) is 1.14. The number of aryl methyl sites for hydroxylation is 2. The Morgan fingerprint density at radius 1 is 1.17 bits per heavy atom. The Bertz CT molecular complexity index is 427. The molecule has 0 fully saturated rings. The van der Waals surface area contributed by atoms with Gasteiger partial charge in [0.25, 0.3) is 0 Å². The number of fused-ring (bicyclic) bond motifs is 2. The molecule has 98 valence electrons. The first-order valence-electron chi connectivity index (χ1n) is 7.40. The Labute approximate surface area is 110 Å². The third-order valence-corrected chi connectivity index (χ3v) is 4.19. The molecule has 1 atom stereocenters. The van der Waals surface area contributed by atoms with Crippen LogP contribution in [0.2, 0.25) is 0 Å². The molecule has 1 aromatic rings. The van der Waals surface area contributed by atoms with Gasteiger partial charge in [-0.25, -0.2) is 0 Å². The normalized spacial score (nSPS) is 22.6. The van der Waals surface area contributed by atoms with Crippen LogP contribution in [-0.4, -0.2) is 13.2 Å². The highest BCUT2D eigenvalue weighted by Gasteiger charge is 2.22. The van der Waals surface area contributed by atoms with Gasteiger partial charge in [-0.1, -0.05) is 13.0 Å². The van der Waals surface area contributed by atoms with Crippen molar-refractivity contribution in [3.8, 4) is 5.75 Å². The Balaban J connectivity index is 1.99. The summed E-state index contributed by atoms with van der Waals surface area (Å²) in [5, 5.41) is 3.61. The largest absolute Gasteiger partial charge is 0.493 e. The van der Waals surface area contributed by atoms with E-state index in [9.17, 15) is 0 Å². The van der Waals surface area contributed by atoms with Gasteiger partial charge in [0.15, 0.2) is 0 Å². The molecule has 0 bridgehead atoms. The molecule has 0 radical (unpaired) electrons. The van der Waals surface area contributed by atoms with Crippen LogP contribution in [0.25, 0.3) is 0 Å². The van der Waals surface area contributed by atoms with Gasteiger partial charge in [-0.3, -0.25) is 0 Å². The molecular weight excluding hydrogens is 222 g/mol. The van der Waals surface area contributed by atoms with Crippen LogP contribution in [0.1, 0.15) is 55.3 Å². The fourth-order valence-corrected chi connectivity index (χ4v) is 3.26. The number of rotatable bonds is 2. The summed E-state index contributed by atoms with van der Waals surface area (Å²) < 4.78 is 5.95. The molecule has 1 aliphatic carbocycles. The second-order valence-electron chi connectivity index (χ2n) is 5.47. The molecule has 0 amide bonds. The third-order valence-electron chi connectivity index (χ3n) is 4.19. The van der Waals surface area contributed by atoms with E-state index in [0.29, 0.717) is 6.04 Å². The van der Waals surface area contributed by atoms with Crippen molar-refractivity contribution >= 4 is 0 Å². The molecule has 1 aromatic carbocycles. The smallest absolute Gasteiger partial charge is 0.124 e. The van der Waals surface area contributed by atoms with Crippen molar-refractivity contribution in [1.29, 1.82) is 0 Å². The van der Waals surface area contributed by atoms with Gasteiger partial charge in [-0.05, 0) is 62.3 Å². The van der Waals surface area contributed by atoms with Crippen LogP contribution < -0.4 is 10.1 Å². The van der Waals surface area contributed by atoms with Gasteiger partial charge in [-0.15, -0.1) is 0 Å². The van der Waals surface area contributed by atoms with E-state index in [1.165, 1.54) is 43.2 Å². The van der Waals surface area contributed by atoms with E-state index in [4.69, 9.17) is 4.74 Å². The van der Waals surface area contributed by atoms with Gasteiger partial charge >= 0.3 is 0 Å². The number of benzene rings is 1. The van der Waals surface area contributed by atoms with Gasteiger partial charge in [0, 0.05) is 11.6 Å². The van der Waals surface area contributed by atoms with Crippen molar-refractivity contribution in [3.05, 3.63) is 28.8 Å². The van der Waals surface area contributed by atoms with E-state index in [1.54, 1.807) is 5.56 Å². The van der Waals surface area contributed by atoms with E-state index in [1.807, 2.05) is 0 Å². The molecule has 0 saturated heterocycles. The first-order chi connectivity index (χ1) is 8.88. The Morgan fingerprint density at radius 2 is 1.94 bits per heavy atom. The minimum absolute atomic E-state index is 0.486. The average Bonchev–Trinajstić information content (AvgIpc) is 2.59. The second-order valence-corrected chi connectivity index (χ2v) is 5.47. The maximum atomic E-state index is 5.95. The first-order valence-corrected chi connectivity index (χ1v) is 7.40. The maximum Gasteiger partial charge on any atom is 0.124 e. The summed E-state index contributed by atoms with van der Waals surface area (Å²) >= 11 is 0. The molecular formula is C16H23NO. The van der Waals surface area contributed by atoms with Crippen LogP contribution in [0.15, 0.2) is 12.1 Å². The van der Waals surface area contributed by atoms with Crippen LogP contribution in [0.3, 0.4) is 0 Å². The molecule has 1 unspecified atom stereocenters. The zero-order chi connectivity index (χ0) is 12.4. The Kier molecular flexibility index (Phi) is 3.55. The van der Waals surface area contributed by atoms with E-state index < -0.39 is 0 Å². The van der Waals surface area contributed by atoms with Crippen molar-refractivity contribution in [2.24, 2.45) is 0 Å². The summed E-state index contributed by atoms with van der Waals surface area (Å²) in [6.45, 7) is 4.08. The van der Waals surface area contributed by atoms with Gasteiger partial charge in [0.1, 0.15) is 5.75 Å². The minimum atomic E-state index is 0.486. The summed E-state index contributed by atoms with van der Waals surface area (Å²) in [5.41, 5.74) is 4.49. The third kappa shape index (κ3) is 2.26. The molecule has 1 heterocycles. The number of ether oxygens (including phenoxy) is 1. The lowest BCUT2D eigenvalue weighted by atomic mass is 9.88. The molecule has 1 N–H and O–H groups in total. The highest BCUT2D eigenvalue weighted by molar-refractivity contribution is 5.45. The molecule has 0 saturated carbocycles. The van der Waals surface area contributed by atoms with Crippen LogP contribution >= 0.6 is 0 Å². The number of nitrogens with one attached hydrogen (secondary N) is 1. The number of hydrogen-bond acceptors (Lipinski definition) is 2. The standard InChI is InChI=1S/C16H23NO/c1-2-17-15-8-5-9-18-16-11-13-7-4-3-6-12(13)10-14(15)16/h10-11,15,17H,2-9H2,1H3. The first kappa shape index (κ1) is 12.0. The Morgan fingerprint density at radius 3 is 2.72 bits per heavy atom. The molecule has 18 heavy (non-hydrogen) atoms. The van der Waals surface area contributed by atoms with Crippen LogP contribution in [0.4, 0.5) is 0 Å². The lowest BCUT2D eigenvalue weighted by Gasteiger charge is -2.22. The molecule has 2 nitrogen and oxygen atoms in total. The van der Waals surface area contributed by atoms with E-state index in [2.05, 4.69) is 24.4 Å². The van der Waals surface area contributed by atoms with Gasteiger partial charge < -0.3 is 10.1 Å². The van der Waals surface area contributed by atoms with E-state index >= 15 is 0 Å². The van der Waals surface area contributed by atoms with E-state index in [0.717, 1.165) is 25.3 Å². The average molecular weight is 245 g/mol. The van der Waals surface area contributed by atoms with Crippen molar-refractivity contribution in [2.45, 2.75) is 51.5 Å². The molecule has 2 aliphatic rings. The minimum Gasteiger partial charge on any atom is -0.493 e. The summed E-state index contributed by atoms with van der Waals surface area (Å²) in [6.07, 6.45) is 7.51. The zero-order valence-electron chi connectivity index (χ0n) is 11.3. The van der Waals surface area contributed by atoms with Crippen molar-refractivity contribution in [3.63, 3.8) is 0 Å². The molecule has 3 rings (SSSR count). The van der Waals surface area contributed by atoms with Crippen LogP contribution in [0.5, 0.6) is 5.75 Å². The Hall–Kier alpha value is -1.02. The lowest BCUT2D eigenvalue weighted by molar-refractivity contribution is 0.315. The monoisotopic (exact) mass is 245 g/mol. The maximum absolute atomic E-state index is 5.95. The fourth-order valence-electron chi connectivity index (χ4n) is 3.26. The second kappa shape index (κ2) is 5.31. The summed E-state index contributed by atoms with van der Waals surface area (Å²) in [4.78, 5) is 0. The molecule has 2 heteroatoms. The van der Waals surface area contributed by atoms with Crippen molar-refractivity contribution in [1.82, 2.24) is 5.32 Å². The summed E-state index contributed by atoms with van der Waals surface area (Å²) in [6, 6.07) is 5.22. The predicted octanol–water partition coefficient (Wildman–Crippen LogP) is 3.39. The quantitative estimate of drug-likeness (QED) is 0.862. The topological polar surface area (TPSA) is 21.3 Å². The summed E-state index contributed by atoms with van der Waals surface area (Å²) in [7, 11) is 0. The van der Waals surface area contributed by atoms with Crippen LogP contribution in [-0.2, 0) is 12.8 Å². The molecule has 1 aliphatic heterocycles. The van der Waals surface area contributed by atoms with Gasteiger partial charge in [0.2, 0.25) is 0 Å². The number of hydrogen-bond donors (Lipinski definition) is 1. The van der Waals surface area contributed by atoms with Crippen LogP contribution in [0, 0.1) is 0 Å². The lowest BCUT2D eigenvalue weighted by Crippen LogP contribution is -2.21.